The molecule has 1 atom stereocenters. The molecule has 4 nitrogen and oxygen atoms in total. The first-order chi connectivity index (χ1) is 8.19. The second-order valence-corrected chi connectivity index (χ2v) is 6.10. The lowest BCUT2D eigenvalue weighted by atomic mass is 10.2. The number of carbonyl (C=O) groups is 1. The van der Waals surface area contributed by atoms with Crippen molar-refractivity contribution in [2.75, 3.05) is 0 Å². The molecule has 1 N–H and O–H groups in total. The highest BCUT2D eigenvalue weighted by molar-refractivity contribution is 9.10. The van der Waals surface area contributed by atoms with Crippen LogP contribution in [0.4, 0.5) is 4.79 Å². The molecular formula is C13H19BrN2O2. The highest BCUT2D eigenvalue weighted by atomic mass is 79.9. The van der Waals surface area contributed by atoms with Crippen molar-refractivity contribution in [2.45, 2.75) is 46.3 Å². The fourth-order valence-electron chi connectivity index (χ4n) is 1.42. The van der Waals surface area contributed by atoms with Crippen LogP contribution in [-0.4, -0.2) is 16.7 Å². The van der Waals surface area contributed by atoms with E-state index in [0.29, 0.717) is 0 Å². The lowest BCUT2D eigenvalue weighted by Gasteiger charge is -2.22. The number of nitrogens with zero attached hydrogens (tertiary/aromatic N) is 1. The molecule has 1 amide bonds. The minimum Gasteiger partial charge on any atom is -0.444 e. The lowest BCUT2D eigenvalue weighted by Crippen LogP contribution is -2.34. The predicted octanol–water partition coefficient (Wildman–Crippen LogP) is 3.74. The van der Waals surface area contributed by atoms with Crippen molar-refractivity contribution >= 4 is 22.0 Å². The van der Waals surface area contributed by atoms with Crippen LogP contribution in [0.3, 0.4) is 0 Å². The van der Waals surface area contributed by atoms with E-state index in [1.807, 2.05) is 40.7 Å². The molecule has 1 heterocycles. The molecule has 0 saturated carbocycles. The molecule has 5 heteroatoms. The van der Waals surface area contributed by atoms with Gasteiger partial charge in [0, 0.05) is 10.7 Å². The van der Waals surface area contributed by atoms with Gasteiger partial charge in [0.15, 0.2) is 0 Å². The van der Waals surface area contributed by atoms with Crippen LogP contribution in [0.2, 0.25) is 0 Å². The first-order valence-electron chi connectivity index (χ1n) is 5.80. The molecular weight excluding hydrogens is 296 g/mol. The number of aryl methyl sites for hydroxylation is 1. The quantitative estimate of drug-likeness (QED) is 0.904. The van der Waals surface area contributed by atoms with Gasteiger partial charge in [-0.25, -0.2) is 4.79 Å². The maximum Gasteiger partial charge on any atom is 0.408 e. The lowest BCUT2D eigenvalue weighted by molar-refractivity contribution is 0.0507. The number of halogens is 1. The first kappa shape index (κ1) is 15.0. The maximum atomic E-state index is 11.6. The third-order valence-electron chi connectivity index (χ3n) is 2.15. The number of hydrogen-bond donors (Lipinski definition) is 1. The van der Waals surface area contributed by atoms with Gasteiger partial charge in [0.1, 0.15) is 5.60 Å². The van der Waals surface area contributed by atoms with Crippen molar-refractivity contribution in [2.24, 2.45) is 0 Å². The van der Waals surface area contributed by atoms with Crippen molar-refractivity contribution in [1.29, 1.82) is 0 Å². The molecule has 0 aromatic carbocycles. The number of ether oxygens (including phenoxy) is 1. The van der Waals surface area contributed by atoms with Gasteiger partial charge in [-0.2, -0.15) is 0 Å². The van der Waals surface area contributed by atoms with E-state index < -0.39 is 11.7 Å². The Morgan fingerprint density at radius 3 is 2.61 bits per heavy atom. The largest absolute Gasteiger partial charge is 0.444 e. The van der Waals surface area contributed by atoms with Crippen molar-refractivity contribution < 1.29 is 9.53 Å². The average Bonchev–Trinajstić information content (AvgIpc) is 2.13. The Kier molecular flexibility index (Phi) is 4.73. The molecule has 0 bridgehead atoms. The molecule has 0 fully saturated rings. The van der Waals surface area contributed by atoms with Gasteiger partial charge in [-0.1, -0.05) is 0 Å². The van der Waals surface area contributed by atoms with E-state index in [2.05, 4.69) is 26.2 Å². The Morgan fingerprint density at radius 1 is 1.50 bits per heavy atom. The molecule has 0 radical (unpaired) electrons. The zero-order chi connectivity index (χ0) is 13.9. The summed E-state index contributed by atoms with van der Waals surface area (Å²) in [5.41, 5.74) is 1.35. The highest BCUT2D eigenvalue weighted by Gasteiger charge is 2.19. The second kappa shape index (κ2) is 5.69. The van der Waals surface area contributed by atoms with E-state index in [4.69, 9.17) is 4.74 Å². The minimum absolute atomic E-state index is 0.213. The summed E-state index contributed by atoms with van der Waals surface area (Å²) in [6.45, 7) is 9.33. The molecule has 0 aliphatic heterocycles. The first-order valence-corrected chi connectivity index (χ1v) is 6.60. The maximum absolute atomic E-state index is 11.6. The third kappa shape index (κ3) is 4.64. The average molecular weight is 315 g/mol. The number of aromatic nitrogens is 1. The summed E-state index contributed by atoms with van der Waals surface area (Å²) in [6.07, 6.45) is 1.33. The summed E-state index contributed by atoms with van der Waals surface area (Å²) in [6, 6.07) is 1.75. The van der Waals surface area contributed by atoms with Crippen LogP contribution in [0.1, 0.15) is 45.0 Å². The molecule has 1 aromatic heterocycles. The van der Waals surface area contributed by atoms with Gasteiger partial charge in [-0.15, -0.1) is 0 Å². The highest BCUT2D eigenvalue weighted by Crippen LogP contribution is 2.22. The minimum atomic E-state index is -0.498. The van der Waals surface area contributed by atoms with Crippen LogP contribution in [0.15, 0.2) is 16.7 Å². The smallest absolute Gasteiger partial charge is 0.408 e. The molecule has 0 aliphatic carbocycles. The monoisotopic (exact) mass is 314 g/mol. The fraction of sp³-hybridized carbons (Fsp3) is 0.538. The molecule has 18 heavy (non-hydrogen) atoms. The number of amides is 1. The van der Waals surface area contributed by atoms with E-state index in [0.717, 1.165) is 15.7 Å². The molecule has 1 unspecified atom stereocenters. The van der Waals surface area contributed by atoms with E-state index in [9.17, 15) is 4.79 Å². The van der Waals surface area contributed by atoms with Gasteiger partial charge in [-0.3, -0.25) is 4.98 Å². The summed E-state index contributed by atoms with van der Waals surface area (Å²) >= 11 is 3.44. The van der Waals surface area contributed by atoms with Gasteiger partial charge in [-0.05, 0) is 62.2 Å². The summed E-state index contributed by atoms with van der Waals surface area (Å²) < 4.78 is 6.08. The fourth-order valence-corrected chi connectivity index (χ4v) is 2.22. The van der Waals surface area contributed by atoms with E-state index in [-0.39, 0.29) is 6.04 Å². The second-order valence-electron chi connectivity index (χ2n) is 5.25. The summed E-state index contributed by atoms with van der Waals surface area (Å²) in [4.78, 5) is 16.0. The molecule has 1 rings (SSSR count). The topological polar surface area (TPSA) is 51.2 Å². The number of pyridine rings is 1. The van der Waals surface area contributed by atoms with Crippen LogP contribution in [0.5, 0.6) is 0 Å². The van der Waals surface area contributed by atoms with E-state index in [1.54, 1.807) is 6.20 Å². The third-order valence-corrected chi connectivity index (χ3v) is 2.78. The van der Waals surface area contributed by atoms with Crippen molar-refractivity contribution in [3.63, 3.8) is 0 Å². The Morgan fingerprint density at radius 2 is 2.11 bits per heavy atom. The number of carbonyl (C=O) groups excluding carboxylic acids is 1. The Labute approximate surface area is 116 Å². The Hall–Kier alpha value is -1.10. The Balaban J connectivity index is 2.71. The van der Waals surface area contributed by atoms with E-state index in [1.165, 1.54) is 0 Å². The van der Waals surface area contributed by atoms with Crippen molar-refractivity contribution in [1.82, 2.24) is 10.3 Å². The number of nitrogens with one attached hydrogen (secondary N) is 1. The predicted molar refractivity (Wildman–Crippen MR) is 74.5 cm³/mol. The number of rotatable bonds is 2. The number of alkyl carbamates (subject to hydrolysis) is 1. The zero-order valence-electron chi connectivity index (χ0n) is 11.4. The van der Waals surface area contributed by atoms with Crippen LogP contribution in [-0.2, 0) is 4.74 Å². The van der Waals surface area contributed by atoms with Crippen molar-refractivity contribution in [3.05, 3.63) is 28.0 Å². The summed E-state index contributed by atoms with van der Waals surface area (Å²) in [7, 11) is 0. The van der Waals surface area contributed by atoms with Crippen LogP contribution in [0.25, 0.3) is 0 Å². The van der Waals surface area contributed by atoms with Gasteiger partial charge >= 0.3 is 6.09 Å². The van der Waals surface area contributed by atoms with Crippen LogP contribution < -0.4 is 5.32 Å². The van der Waals surface area contributed by atoms with Crippen LogP contribution >= 0.6 is 15.9 Å². The van der Waals surface area contributed by atoms with Gasteiger partial charge < -0.3 is 10.1 Å². The normalized spacial score (nSPS) is 13.0. The zero-order valence-corrected chi connectivity index (χ0v) is 13.0. The Bertz CT molecular complexity index is 441. The summed E-state index contributed by atoms with van der Waals surface area (Å²) in [5.74, 6) is 0. The molecule has 0 spiro atoms. The van der Waals surface area contributed by atoms with Crippen LogP contribution in [0, 0.1) is 6.92 Å². The standard InChI is InChI=1S/C13H19BrN2O2/c1-8-6-10(14)11(15-7-8)9(2)16-12(17)18-13(3,4)5/h6-7,9H,1-5H3,(H,16,17). The number of hydrogen-bond acceptors (Lipinski definition) is 3. The summed E-state index contributed by atoms with van der Waals surface area (Å²) in [5, 5.41) is 2.76. The van der Waals surface area contributed by atoms with Crippen molar-refractivity contribution in [3.8, 4) is 0 Å². The molecule has 1 aromatic rings. The molecule has 0 aliphatic rings. The van der Waals surface area contributed by atoms with Gasteiger partial charge in [0.2, 0.25) is 0 Å². The SMILES string of the molecule is Cc1cnc(C(C)NC(=O)OC(C)(C)C)c(Br)c1. The molecule has 100 valence electrons. The molecule has 0 saturated heterocycles. The van der Waals surface area contributed by atoms with Gasteiger partial charge in [0.25, 0.3) is 0 Å². The van der Waals surface area contributed by atoms with Gasteiger partial charge in [0.05, 0.1) is 11.7 Å². The van der Waals surface area contributed by atoms with E-state index >= 15 is 0 Å².